The molecule has 1 aliphatic carbocycles. The number of piperidine rings is 1. The van der Waals surface area contributed by atoms with Crippen LogP contribution < -0.4 is 0 Å². The third-order valence-corrected chi connectivity index (χ3v) is 7.68. The molecule has 1 saturated carbocycles. The van der Waals surface area contributed by atoms with Gasteiger partial charge in [-0.05, 0) is 93.1 Å². The van der Waals surface area contributed by atoms with E-state index in [1.165, 1.54) is 57.5 Å². The van der Waals surface area contributed by atoms with E-state index in [0.29, 0.717) is 11.7 Å². The third kappa shape index (κ3) is 5.37. The molecular weight excluding hydrogens is 333 g/mol. The van der Waals surface area contributed by atoms with Crippen LogP contribution in [0.15, 0.2) is 29.2 Å². The summed E-state index contributed by atoms with van der Waals surface area (Å²) in [4.78, 5) is 3.41. The summed E-state index contributed by atoms with van der Waals surface area (Å²) in [5, 5.41) is 0. The van der Waals surface area contributed by atoms with Gasteiger partial charge in [0.05, 0.1) is 10.8 Å². The minimum absolute atomic E-state index is 0.265. The van der Waals surface area contributed by atoms with Crippen molar-refractivity contribution in [3.05, 3.63) is 30.1 Å². The smallest absolute Gasteiger partial charge is 0.123 e. The SMILES string of the molecule is CC1CC(C)[C@@H](CN2CCC(CCS(=O)c3ccc(F)cc3)CC2)C1. The first kappa shape index (κ1) is 19.0. The quantitative estimate of drug-likeness (QED) is 0.727. The normalized spacial score (nSPS) is 29.8. The lowest BCUT2D eigenvalue weighted by Crippen LogP contribution is -2.38. The van der Waals surface area contributed by atoms with Gasteiger partial charge in [-0.15, -0.1) is 0 Å². The van der Waals surface area contributed by atoms with Gasteiger partial charge in [-0.2, -0.15) is 0 Å². The van der Waals surface area contributed by atoms with Crippen molar-refractivity contribution in [3.8, 4) is 0 Å². The highest BCUT2D eigenvalue weighted by Crippen LogP contribution is 2.36. The molecule has 140 valence electrons. The molecule has 4 heteroatoms. The topological polar surface area (TPSA) is 20.3 Å². The van der Waals surface area contributed by atoms with Crippen LogP contribution in [0, 0.1) is 29.5 Å². The average Bonchev–Trinajstić information content (AvgIpc) is 2.92. The first-order chi connectivity index (χ1) is 12.0. The largest absolute Gasteiger partial charge is 0.303 e. The Morgan fingerprint density at radius 2 is 1.80 bits per heavy atom. The van der Waals surface area contributed by atoms with Crippen LogP contribution in [0.2, 0.25) is 0 Å². The number of nitrogens with zero attached hydrogens (tertiary/aromatic N) is 1. The van der Waals surface area contributed by atoms with Crippen molar-refractivity contribution in [2.24, 2.45) is 23.7 Å². The zero-order valence-corrected chi connectivity index (χ0v) is 16.4. The van der Waals surface area contributed by atoms with Gasteiger partial charge >= 0.3 is 0 Å². The van der Waals surface area contributed by atoms with Crippen LogP contribution in [-0.2, 0) is 10.8 Å². The van der Waals surface area contributed by atoms with Gasteiger partial charge in [0.25, 0.3) is 0 Å². The Bertz CT molecular complexity index is 568. The standard InChI is InChI=1S/C21H32FNOS/c1-16-13-17(2)19(14-16)15-23-10-7-18(8-11-23)9-12-25(24)21-5-3-20(22)4-6-21/h3-6,16-19H,7-15H2,1-2H3/t16?,17?,19-,25?/m1/s1. The molecule has 1 heterocycles. The maximum absolute atomic E-state index is 13.0. The van der Waals surface area contributed by atoms with Crippen LogP contribution in [0.1, 0.15) is 46.0 Å². The number of benzene rings is 1. The zero-order chi connectivity index (χ0) is 17.8. The molecule has 1 aliphatic heterocycles. The fraction of sp³-hybridized carbons (Fsp3) is 0.714. The lowest BCUT2D eigenvalue weighted by Gasteiger charge is -2.34. The molecule has 1 aromatic rings. The van der Waals surface area contributed by atoms with Gasteiger partial charge in [0, 0.05) is 17.2 Å². The predicted octanol–water partition coefficient (Wildman–Crippen LogP) is 4.72. The van der Waals surface area contributed by atoms with Crippen molar-refractivity contribution >= 4 is 10.8 Å². The second-order valence-corrected chi connectivity index (χ2v) is 9.92. The number of hydrogen-bond acceptors (Lipinski definition) is 2. The van der Waals surface area contributed by atoms with E-state index in [2.05, 4.69) is 18.7 Å². The molecule has 2 fully saturated rings. The Morgan fingerprint density at radius 1 is 1.12 bits per heavy atom. The van der Waals surface area contributed by atoms with Crippen LogP contribution in [0.4, 0.5) is 4.39 Å². The van der Waals surface area contributed by atoms with E-state index in [1.807, 2.05) is 0 Å². The fourth-order valence-corrected chi connectivity index (χ4v) is 5.92. The van der Waals surface area contributed by atoms with E-state index in [0.717, 1.165) is 29.1 Å². The maximum Gasteiger partial charge on any atom is 0.123 e. The van der Waals surface area contributed by atoms with Gasteiger partial charge < -0.3 is 4.90 Å². The molecule has 0 spiro atoms. The van der Waals surface area contributed by atoms with Gasteiger partial charge in [-0.25, -0.2) is 4.39 Å². The minimum Gasteiger partial charge on any atom is -0.303 e. The molecule has 25 heavy (non-hydrogen) atoms. The van der Waals surface area contributed by atoms with Crippen molar-refractivity contribution in [2.45, 2.75) is 50.8 Å². The van der Waals surface area contributed by atoms with E-state index < -0.39 is 10.8 Å². The summed E-state index contributed by atoms with van der Waals surface area (Å²) >= 11 is 0. The molecule has 0 aromatic heterocycles. The fourth-order valence-electron chi connectivity index (χ4n) is 4.69. The van der Waals surface area contributed by atoms with Gasteiger partial charge in [0.1, 0.15) is 5.82 Å². The molecule has 2 aliphatic rings. The van der Waals surface area contributed by atoms with Gasteiger partial charge in [-0.1, -0.05) is 13.8 Å². The molecule has 0 N–H and O–H groups in total. The maximum atomic E-state index is 13.0. The molecule has 0 radical (unpaired) electrons. The highest BCUT2D eigenvalue weighted by atomic mass is 32.2. The molecule has 1 aromatic carbocycles. The van der Waals surface area contributed by atoms with E-state index in [9.17, 15) is 8.60 Å². The van der Waals surface area contributed by atoms with Crippen LogP contribution in [0.5, 0.6) is 0 Å². The lowest BCUT2D eigenvalue weighted by atomic mass is 9.92. The highest BCUT2D eigenvalue weighted by Gasteiger charge is 2.31. The van der Waals surface area contributed by atoms with Crippen LogP contribution in [0.3, 0.4) is 0 Å². The van der Waals surface area contributed by atoms with Crippen molar-refractivity contribution in [3.63, 3.8) is 0 Å². The Labute approximate surface area is 154 Å². The van der Waals surface area contributed by atoms with Crippen LogP contribution in [-0.4, -0.2) is 34.5 Å². The minimum atomic E-state index is -0.995. The Balaban J connectivity index is 1.38. The van der Waals surface area contributed by atoms with Gasteiger partial charge in [-0.3, -0.25) is 4.21 Å². The van der Waals surface area contributed by atoms with Gasteiger partial charge in [0.15, 0.2) is 0 Å². The van der Waals surface area contributed by atoms with E-state index >= 15 is 0 Å². The molecule has 4 atom stereocenters. The molecular formula is C21H32FNOS. The van der Waals surface area contributed by atoms with E-state index in [-0.39, 0.29) is 5.82 Å². The predicted molar refractivity (Wildman–Crippen MR) is 103 cm³/mol. The number of halogens is 1. The molecule has 0 amide bonds. The summed E-state index contributed by atoms with van der Waals surface area (Å²) in [6, 6.07) is 6.10. The van der Waals surface area contributed by atoms with Crippen molar-refractivity contribution in [1.82, 2.24) is 4.90 Å². The summed E-state index contributed by atoms with van der Waals surface area (Å²) in [5.41, 5.74) is 0. The number of hydrogen-bond donors (Lipinski definition) is 0. The summed E-state index contributed by atoms with van der Waals surface area (Å²) < 4.78 is 25.3. The van der Waals surface area contributed by atoms with Crippen molar-refractivity contribution in [1.29, 1.82) is 0 Å². The summed E-state index contributed by atoms with van der Waals surface area (Å²) in [5.74, 6) is 3.80. The first-order valence-electron chi connectivity index (χ1n) is 9.87. The van der Waals surface area contributed by atoms with Crippen LogP contribution >= 0.6 is 0 Å². The summed E-state index contributed by atoms with van der Waals surface area (Å²) in [7, 11) is -0.995. The van der Waals surface area contributed by atoms with Gasteiger partial charge in [0.2, 0.25) is 0 Å². The average molecular weight is 366 g/mol. The van der Waals surface area contributed by atoms with Crippen LogP contribution in [0.25, 0.3) is 0 Å². The monoisotopic (exact) mass is 365 g/mol. The summed E-state index contributed by atoms with van der Waals surface area (Å²) in [6.45, 7) is 8.49. The molecule has 1 saturated heterocycles. The zero-order valence-electron chi connectivity index (χ0n) is 15.6. The molecule has 3 unspecified atom stereocenters. The molecule has 3 rings (SSSR count). The lowest BCUT2D eigenvalue weighted by molar-refractivity contribution is 0.148. The third-order valence-electron chi connectivity index (χ3n) is 6.27. The Morgan fingerprint density at radius 3 is 2.40 bits per heavy atom. The van der Waals surface area contributed by atoms with Crippen molar-refractivity contribution < 1.29 is 8.60 Å². The Hall–Kier alpha value is -0.740. The second-order valence-electron chi connectivity index (χ2n) is 8.35. The number of likely N-dealkylation sites (tertiary alicyclic amines) is 1. The van der Waals surface area contributed by atoms with E-state index in [1.54, 1.807) is 12.1 Å². The Kier molecular flexibility index (Phi) is 6.67. The summed E-state index contributed by atoms with van der Waals surface area (Å²) in [6.07, 6.45) is 6.29. The highest BCUT2D eigenvalue weighted by molar-refractivity contribution is 7.85. The number of rotatable bonds is 6. The molecule has 0 bridgehead atoms. The van der Waals surface area contributed by atoms with E-state index in [4.69, 9.17) is 0 Å². The molecule has 2 nitrogen and oxygen atoms in total. The van der Waals surface area contributed by atoms with Crippen molar-refractivity contribution in [2.75, 3.05) is 25.4 Å². The first-order valence-corrected chi connectivity index (χ1v) is 11.2. The second kappa shape index (κ2) is 8.77.